The summed E-state index contributed by atoms with van der Waals surface area (Å²) in [6.07, 6.45) is 0. The van der Waals surface area contributed by atoms with E-state index in [-0.39, 0.29) is 0 Å². The second-order valence-electron chi connectivity index (χ2n) is 4.54. The highest BCUT2D eigenvalue weighted by Gasteiger charge is 2.22. The number of hydrogen-bond acceptors (Lipinski definition) is 3. The molecule has 1 aliphatic heterocycles. The normalized spacial score (nSPS) is 22.5. The topological polar surface area (TPSA) is 19.4 Å². The summed E-state index contributed by atoms with van der Waals surface area (Å²) >= 11 is 6.18. The number of aryl methyl sites for hydroxylation is 1. The predicted octanol–water partition coefficient (Wildman–Crippen LogP) is 2.18. The van der Waals surface area contributed by atoms with Crippen LogP contribution < -0.4 is 4.90 Å². The van der Waals surface area contributed by atoms with E-state index in [1.807, 2.05) is 13.0 Å². The van der Waals surface area contributed by atoms with Crippen molar-refractivity contribution >= 4 is 17.3 Å². The Morgan fingerprint density at radius 1 is 1.38 bits per heavy atom. The van der Waals surface area contributed by atoms with Crippen molar-refractivity contribution in [1.82, 2.24) is 9.88 Å². The highest BCUT2D eigenvalue weighted by atomic mass is 35.5. The van der Waals surface area contributed by atoms with Crippen LogP contribution in [0, 0.1) is 6.92 Å². The zero-order valence-electron chi connectivity index (χ0n) is 10.1. The van der Waals surface area contributed by atoms with Gasteiger partial charge in [0, 0.05) is 31.4 Å². The van der Waals surface area contributed by atoms with Crippen molar-refractivity contribution < 1.29 is 0 Å². The quantitative estimate of drug-likeness (QED) is 0.701. The van der Waals surface area contributed by atoms with Crippen molar-refractivity contribution in [3.63, 3.8) is 0 Å². The van der Waals surface area contributed by atoms with E-state index in [0.29, 0.717) is 11.2 Å². The molecule has 3 nitrogen and oxygen atoms in total. The molecule has 0 saturated carbocycles. The molecule has 0 spiro atoms. The number of anilines is 1. The van der Waals surface area contributed by atoms with Crippen LogP contribution in [0.15, 0.2) is 12.1 Å². The molecule has 1 atom stereocenters. The van der Waals surface area contributed by atoms with Crippen molar-refractivity contribution in [2.75, 3.05) is 31.6 Å². The lowest BCUT2D eigenvalue weighted by Gasteiger charge is -2.39. The van der Waals surface area contributed by atoms with Crippen molar-refractivity contribution in [3.05, 3.63) is 23.0 Å². The molecular weight excluding hydrogens is 222 g/mol. The van der Waals surface area contributed by atoms with E-state index in [1.165, 1.54) is 0 Å². The maximum Gasteiger partial charge on any atom is 0.152 e. The lowest BCUT2D eigenvalue weighted by atomic mass is 10.2. The van der Waals surface area contributed by atoms with E-state index in [2.05, 4.69) is 34.8 Å². The number of hydrogen-bond donors (Lipinski definition) is 0. The first-order valence-corrected chi connectivity index (χ1v) is 6.04. The molecule has 2 heterocycles. The molecule has 1 aromatic rings. The van der Waals surface area contributed by atoms with E-state index < -0.39 is 0 Å². The third kappa shape index (κ3) is 2.30. The Morgan fingerprint density at radius 2 is 2.12 bits per heavy atom. The summed E-state index contributed by atoms with van der Waals surface area (Å²) in [6, 6.07) is 4.65. The molecule has 0 aliphatic carbocycles. The Morgan fingerprint density at radius 3 is 2.75 bits per heavy atom. The van der Waals surface area contributed by atoms with Gasteiger partial charge < -0.3 is 9.80 Å². The van der Waals surface area contributed by atoms with Crippen molar-refractivity contribution in [2.45, 2.75) is 19.9 Å². The first-order chi connectivity index (χ1) is 7.58. The summed E-state index contributed by atoms with van der Waals surface area (Å²) in [5.41, 5.74) is 2.03. The smallest absolute Gasteiger partial charge is 0.152 e. The van der Waals surface area contributed by atoms with Crippen LogP contribution in [0.4, 0.5) is 5.69 Å². The van der Waals surface area contributed by atoms with Gasteiger partial charge in [-0.15, -0.1) is 0 Å². The molecule has 1 aromatic heterocycles. The minimum atomic E-state index is 0.561. The molecule has 0 N–H and O–H groups in total. The molecule has 1 unspecified atom stereocenters. The molecule has 2 rings (SSSR count). The summed E-state index contributed by atoms with van der Waals surface area (Å²) in [7, 11) is 2.16. The van der Waals surface area contributed by atoms with E-state index in [9.17, 15) is 0 Å². The van der Waals surface area contributed by atoms with Crippen molar-refractivity contribution in [2.24, 2.45) is 0 Å². The molecule has 16 heavy (non-hydrogen) atoms. The molecule has 1 saturated heterocycles. The van der Waals surface area contributed by atoms with Crippen molar-refractivity contribution in [1.29, 1.82) is 0 Å². The number of likely N-dealkylation sites (N-methyl/N-ethyl adjacent to an activating group) is 1. The van der Waals surface area contributed by atoms with Crippen LogP contribution in [-0.2, 0) is 0 Å². The van der Waals surface area contributed by atoms with Crippen LogP contribution in [0.3, 0.4) is 0 Å². The molecule has 0 amide bonds. The van der Waals surface area contributed by atoms with Gasteiger partial charge in [0.05, 0.1) is 5.69 Å². The number of halogens is 1. The Hall–Kier alpha value is -0.800. The SMILES string of the molecule is Cc1ccc(N2CCN(C)C(C)C2)c(Cl)n1. The standard InChI is InChI=1S/C12H18ClN3/c1-9-4-5-11(12(13)14-9)16-7-6-15(3)10(2)8-16/h4-5,10H,6-8H2,1-3H3. The Bertz CT molecular complexity index is 381. The lowest BCUT2D eigenvalue weighted by molar-refractivity contribution is 0.234. The maximum atomic E-state index is 6.18. The zero-order chi connectivity index (χ0) is 11.7. The van der Waals surface area contributed by atoms with Gasteiger partial charge in [-0.05, 0) is 33.0 Å². The van der Waals surface area contributed by atoms with Crippen molar-refractivity contribution in [3.8, 4) is 0 Å². The average molecular weight is 240 g/mol. The van der Waals surface area contributed by atoms with Crippen LogP contribution in [0.1, 0.15) is 12.6 Å². The monoisotopic (exact) mass is 239 g/mol. The minimum absolute atomic E-state index is 0.561. The molecule has 0 bridgehead atoms. The average Bonchev–Trinajstić information content (AvgIpc) is 2.22. The van der Waals surface area contributed by atoms with Gasteiger partial charge in [0.2, 0.25) is 0 Å². The van der Waals surface area contributed by atoms with Gasteiger partial charge in [0.15, 0.2) is 5.15 Å². The number of rotatable bonds is 1. The van der Waals surface area contributed by atoms with E-state index >= 15 is 0 Å². The van der Waals surface area contributed by atoms with Gasteiger partial charge in [-0.25, -0.2) is 4.98 Å². The second kappa shape index (κ2) is 4.60. The Kier molecular flexibility index (Phi) is 3.36. The van der Waals surface area contributed by atoms with E-state index in [4.69, 9.17) is 11.6 Å². The first kappa shape index (κ1) is 11.7. The molecular formula is C12H18ClN3. The molecule has 1 aliphatic rings. The molecule has 88 valence electrons. The summed E-state index contributed by atoms with van der Waals surface area (Å²) in [5.74, 6) is 0. The lowest BCUT2D eigenvalue weighted by Crippen LogP contribution is -2.50. The first-order valence-electron chi connectivity index (χ1n) is 5.66. The molecule has 4 heteroatoms. The fourth-order valence-corrected chi connectivity index (χ4v) is 2.34. The fourth-order valence-electron chi connectivity index (χ4n) is 2.02. The van der Waals surface area contributed by atoms with Crippen LogP contribution in [0.2, 0.25) is 5.15 Å². The summed E-state index contributed by atoms with van der Waals surface area (Å²) in [6.45, 7) is 7.31. The van der Waals surface area contributed by atoms with Crippen LogP contribution in [0.25, 0.3) is 0 Å². The third-order valence-electron chi connectivity index (χ3n) is 3.27. The van der Waals surface area contributed by atoms with E-state index in [0.717, 1.165) is 31.0 Å². The highest BCUT2D eigenvalue weighted by molar-refractivity contribution is 6.32. The van der Waals surface area contributed by atoms with E-state index in [1.54, 1.807) is 0 Å². The van der Waals surface area contributed by atoms with Crippen LogP contribution in [0.5, 0.6) is 0 Å². The summed E-state index contributed by atoms with van der Waals surface area (Å²) in [5, 5.41) is 0.622. The van der Waals surface area contributed by atoms with Gasteiger partial charge in [-0.1, -0.05) is 11.6 Å². The maximum absolute atomic E-state index is 6.18. The van der Waals surface area contributed by atoms with Crippen LogP contribution >= 0.6 is 11.6 Å². The molecule has 0 aromatic carbocycles. The minimum Gasteiger partial charge on any atom is -0.366 e. The largest absolute Gasteiger partial charge is 0.366 e. The zero-order valence-corrected chi connectivity index (χ0v) is 10.8. The van der Waals surface area contributed by atoms with Gasteiger partial charge in [0.25, 0.3) is 0 Å². The third-order valence-corrected chi connectivity index (χ3v) is 3.55. The number of aromatic nitrogens is 1. The number of nitrogens with zero attached hydrogens (tertiary/aromatic N) is 3. The number of piperazine rings is 1. The Balaban J connectivity index is 2.18. The van der Waals surface area contributed by atoms with Gasteiger partial charge >= 0.3 is 0 Å². The predicted molar refractivity (Wildman–Crippen MR) is 68.3 cm³/mol. The Labute approximate surface area is 102 Å². The molecule has 1 fully saturated rings. The van der Waals surface area contributed by atoms with Gasteiger partial charge in [-0.3, -0.25) is 0 Å². The van der Waals surface area contributed by atoms with Gasteiger partial charge in [-0.2, -0.15) is 0 Å². The summed E-state index contributed by atoms with van der Waals surface area (Å²) < 4.78 is 0. The second-order valence-corrected chi connectivity index (χ2v) is 4.90. The molecule has 0 radical (unpaired) electrons. The number of pyridine rings is 1. The highest BCUT2D eigenvalue weighted by Crippen LogP contribution is 2.25. The fraction of sp³-hybridized carbons (Fsp3) is 0.583. The van der Waals surface area contributed by atoms with Gasteiger partial charge in [0.1, 0.15) is 0 Å². The summed E-state index contributed by atoms with van der Waals surface area (Å²) in [4.78, 5) is 8.99. The van der Waals surface area contributed by atoms with Crippen LogP contribution in [-0.4, -0.2) is 42.6 Å².